The molecule has 0 spiro atoms. The summed E-state index contributed by atoms with van der Waals surface area (Å²) in [6.45, 7) is 9.80. The number of hydrogen-bond donors (Lipinski definition) is 0. The summed E-state index contributed by atoms with van der Waals surface area (Å²) in [7, 11) is -0.572. The molecule has 7 nitrogen and oxygen atoms in total. The van der Waals surface area contributed by atoms with E-state index in [0.29, 0.717) is 28.2 Å². The van der Waals surface area contributed by atoms with E-state index in [4.69, 9.17) is 4.42 Å². The highest BCUT2D eigenvalue weighted by molar-refractivity contribution is 7.99. The zero-order chi connectivity index (χ0) is 21.1. The minimum atomic E-state index is -3.54. The van der Waals surface area contributed by atoms with E-state index in [1.807, 2.05) is 4.90 Å². The number of hydrogen-bond acceptors (Lipinski definition) is 6. The molecule has 1 amide bonds. The maximum Gasteiger partial charge on any atom is 0.257 e. The molecule has 0 aliphatic carbocycles. The van der Waals surface area contributed by atoms with Crippen molar-refractivity contribution in [1.82, 2.24) is 14.2 Å². The molecule has 0 saturated carbocycles. The average molecular weight is 428 g/mol. The van der Waals surface area contributed by atoms with Gasteiger partial charge < -0.3 is 9.32 Å². The molecule has 28 heavy (non-hydrogen) atoms. The number of amides is 1. The molecule has 0 radical (unpaired) electrons. The molecule has 1 aromatic carbocycles. The molecule has 0 saturated heterocycles. The zero-order valence-corrected chi connectivity index (χ0v) is 18.9. The summed E-state index contributed by atoms with van der Waals surface area (Å²) in [5, 5.41) is 0.358. The Morgan fingerprint density at radius 1 is 1.14 bits per heavy atom. The van der Waals surface area contributed by atoms with Crippen LogP contribution in [0.3, 0.4) is 0 Å². The number of aromatic nitrogens is 1. The number of fused-ring (bicyclic) bond motifs is 1. The van der Waals surface area contributed by atoms with Gasteiger partial charge in [0.2, 0.25) is 15.9 Å². The predicted octanol–water partition coefficient (Wildman–Crippen LogP) is 3.31. The Hall–Kier alpha value is -1.58. The van der Waals surface area contributed by atoms with Gasteiger partial charge in [-0.05, 0) is 30.0 Å². The van der Waals surface area contributed by atoms with E-state index in [1.165, 1.54) is 38.0 Å². The fourth-order valence-corrected chi connectivity index (χ4v) is 4.36. The van der Waals surface area contributed by atoms with Crippen molar-refractivity contribution in [3.05, 3.63) is 18.2 Å². The molecule has 1 aromatic heterocycles. The SMILES string of the molecule is CC(C)CN(CC(C)C)C(=O)CSc1nc2cc(S(=O)(=O)N(C)C)ccc2o1. The lowest BCUT2D eigenvalue weighted by Crippen LogP contribution is -2.38. The quantitative estimate of drug-likeness (QED) is 0.571. The Morgan fingerprint density at radius 3 is 2.29 bits per heavy atom. The van der Waals surface area contributed by atoms with Crippen LogP contribution in [0, 0.1) is 11.8 Å². The molecule has 0 bridgehead atoms. The van der Waals surface area contributed by atoms with Crippen LogP contribution in [0.5, 0.6) is 0 Å². The summed E-state index contributed by atoms with van der Waals surface area (Å²) in [5.74, 6) is 1.07. The zero-order valence-electron chi connectivity index (χ0n) is 17.3. The second-order valence-corrected chi connectivity index (χ2v) is 10.9. The first-order valence-corrected chi connectivity index (χ1v) is 11.7. The molecule has 0 atom stereocenters. The fourth-order valence-electron chi connectivity index (χ4n) is 2.69. The van der Waals surface area contributed by atoms with Gasteiger partial charge in [0.15, 0.2) is 5.58 Å². The second-order valence-electron chi connectivity index (χ2n) is 7.77. The van der Waals surface area contributed by atoms with Crippen molar-refractivity contribution < 1.29 is 17.6 Å². The van der Waals surface area contributed by atoms with Gasteiger partial charge in [-0.1, -0.05) is 39.5 Å². The molecule has 156 valence electrons. The van der Waals surface area contributed by atoms with Crippen LogP contribution in [-0.2, 0) is 14.8 Å². The standard InChI is InChI=1S/C19H29N3O4S2/c1-13(2)10-22(11-14(3)4)18(23)12-27-19-20-16-9-15(7-8-17(16)26-19)28(24,25)21(5)6/h7-9,13-14H,10-12H2,1-6H3. The van der Waals surface area contributed by atoms with Crippen LogP contribution < -0.4 is 0 Å². The molecule has 0 aliphatic heterocycles. The maximum atomic E-state index is 12.6. The lowest BCUT2D eigenvalue weighted by Gasteiger charge is -2.26. The fraction of sp³-hybridized carbons (Fsp3) is 0.579. The van der Waals surface area contributed by atoms with Crippen molar-refractivity contribution in [2.24, 2.45) is 11.8 Å². The van der Waals surface area contributed by atoms with E-state index in [9.17, 15) is 13.2 Å². The molecule has 0 unspecified atom stereocenters. The van der Waals surface area contributed by atoms with Gasteiger partial charge in [-0.3, -0.25) is 4.79 Å². The molecule has 2 aromatic rings. The first-order chi connectivity index (χ1) is 13.0. The Labute approximate surface area is 171 Å². The summed E-state index contributed by atoms with van der Waals surface area (Å²) in [5.41, 5.74) is 0.952. The molecular formula is C19H29N3O4S2. The number of nitrogens with zero attached hydrogens (tertiary/aromatic N) is 3. The smallest absolute Gasteiger partial charge is 0.257 e. The first-order valence-electron chi connectivity index (χ1n) is 9.24. The third-order valence-electron chi connectivity index (χ3n) is 3.96. The van der Waals surface area contributed by atoms with Gasteiger partial charge in [0.1, 0.15) is 5.52 Å². The van der Waals surface area contributed by atoms with Gasteiger partial charge in [-0.2, -0.15) is 0 Å². The molecule has 0 fully saturated rings. The maximum absolute atomic E-state index is 12.6. The molecule has 0 N–H and O–H groups in total. The minimum absolute atomic E-state index is 0.0468. The normalized spacial score (nSPS) is 12.5. The lowest BCUT2D eigenvalue weighted by molar-refractivity contribution is -0.129. The largest absolute Gasteiger partial charge is 0.431 e. The van der Waals surface area contributed by atoms with Gasteiger partial charge in [-0.15, -0.1) is 0 Å². The number of carbonyl (C=O) groups is 1. The van der Waals surface area contributed by atoms with Crippen molar-refractivity contribution in [2.45, 2.75) is 37.8 Å². The Balaban J connectivity index is 2.13. The van der Waals surface area contributed by atoms with Crippen molar-refractivity contribution in [3.63, 3.8) is 0 Å². The second kappa shape index (κ2) is 9.28. The van der Waals surface area contributed by atoms with Crippen LogP contribution in [0.15, 0.2) is 32.7 Å². The predicted molar refractivity (Wildman–Crippen MR) is 112 cm³/mol. The van der Waals surface area contributed by atoms with E-state index < -0.39 is 10.0 Å². The van der Waals surface area contributed by atoms with E-state index in [2.05, 4.69) is 32.7 Å². The summed E-state index contributed by atoms with van der Waals surface area (Å²) in [6.07, 6.45) is 0. The molecule has 9 heteroatoms. The van der Waals surface area contributed by atoms with Crippen molar-refractivity contribution in [3.8, 4) is 0 Å². The highest BCUT2D eigenvalue weighted by atomic mass is 32.2. The van der Waals surface area contributed by atoms with Gasteiger partial charge >= 0.3 is 0 Å². The van der Waals surface area contributed by atoms with Crippen LogP contribution in [0.2, 0.25) is 0 Å². The van der Waals surface area contributed by atoms with Gasteiger partial charge in [0.05, 0.1) is 10.6 Å². The Kier molecular flexibility index (Phi) is 7.52. The molecule has 0 aliphatic rings. The van der Waals surface area contributed by atoms with E-state index in [0.717, 1.165) is 17.4 Å². The van der Waals surface area contributed by atoms with Gasteiger partial charge in [-0.25, -0.2) is 17.7 Å². The first kappa shape index (κ1) is 22.7. The summed E-state index contributed by atoms with van der Waals surface area (Å²) >= 11 is 1.23. The van der Waals surface area contributed by atoms with Crippen LogP contribution in [0.4, 0.5) is 0 Å². The monoisotopic (exact) mass is 427 g/mol. The average Bonchev–Trinajstić information content (AvgIpc) is 3.00. The third-order valence-corrected chi connectivity index (χ3v) is 6.58. The van der Waals surface area contributed by atoms with Gasteiger partial charge in [0, 0.05) is 27.2 Å². The van der Waals surface area contributed by atoms with Crippen molar-refractivity contribution in [2.75, 3.05) is 32.9 Å². The van der Waals surface area contributed by atoms with Crippen LogP contribution in [0.1, 0.15) is 27.7 Å². The van der Waals surface area contributed by atoms with Crippen molar-refractivity contribution in [1.29, 1.82) is 0 Å². The minimum Gasteiger partial charge on any atom is -0.431 e. The number of rotatable bonds is 9. The number of thioether (sulfide) groups is 1. The van der Waals surface area contributed by atoms with Crippen LogP contribution >= 0.6 is 11.8 Å². The van der Waals surface area contributed by atoms with Gasteiger partial charge in [0.25, 0.3) is 5.22 Å². The highest BCUT2D eigenvalue weighted by Gasteiger charge is 2.20. The third kappa shape index (κ3) is 5.71. The molecule has 1 heterocycles. The number of sulfonamides is 1. The Bertz CT molecular complexity index is 910. The van der Waals surface area contributed by atoms with E-state index in [1.54, 1.807) is 6.07 Å². The topological polar surface area (TPSA) is 83.7 Å². The lowest BCUT2D eigenvalue weighted by atomic mass is 10.1. The molecular weight excluding hydrogens is 398 g/mol. The van der Waals surface area contributed by atoms with E-state index in [-0.39, 0.29) is 16.6 Å². The number of oxazole rings is 1. The van der Waals surface area contributed by atoms with Crippen LogP contribution in [-0.4, -0.2) is 61.5 Å². The van der Waals surface area contributed by atoms with E-state index >= 15 is 0 Å². The van der Waals surface area contributed by atoms with Crippen LogP contribution in [0.25, 0.3) is 11.1 Å². The number of benzene rings is 1. The Morgan fingerprint density at radius 2 is 1.75 bits per heavy atom. The summed E-state index contributed by atoms with van der Waals surface area (Å²) in [4.78, 5) is 19.0. The number of carbonyl (C=O) groups excluding carboxylic acids is 1. The van der Waals surface area contributed by atoms with Crippen molar-refractivity contribution >= 4 is 38.8 Å². The molecule has 2 rings (SSSR count). The summed E-state index contributed by atoms with van der Waals surface area (Å²) < 4.78 is 31.3. The highest BCUT2D eigenvalue weighted by Crippen LogP contribution is 2.26. The summed E-state index contributed by atoms with van der Waals surface area (Å²) in [6, 6.07) is 4.58.